The maximum absolute atomic E-state index is 13.6. The molecule has 0 spiro atoms. The van der Waals surface area contributed by atoms with Crippen molar-refractivity contribution in [2.45, 2.75) is 44.8 Å². The zero-order chi connectivity index (χ0) is 15.2. The van der Waals surface area contributed by atoms with E-state index < -0.39 is 11.9 Å². The number of ether oxygens (including phenoxy) is 1. The zero-order valence-electron chi connectivity index (χ0n) is 12.3. The highest BCUT2D eigenvalue weighted by atomic mass is 19.1. The number of benzene rings is 1. The van der Waals surface area contributed by atoms with Gasteiger partial charge in [-0.05, 0) is 44.7 Å². The minimum absolute atomic E-state index is 0.101. The molecule has 116 valence electrons. The summed E-state index contributed by atoms with van der Waals surface area (Å²) in [5.74, 6) is -0.474. The summed E-state index contributed by atoms with van der Waals surface area (Å²) in [6.45, 7) is 2.50. The molecule has 1 fully saturated rings. The predicted molar refractivity (Wildman–Crippen MR) is 77.5 cm³/mol. The van der Waals surface area contributed by atoms with Crippen molar-refractivity contribution in [3.05, 3.63) is 30.1 Å². The molecule has 21 heavy (non-hydrogen) atoms. The fraction of sp³-hybridized carbons (Fsp3) is 0.562. The molecule has 1 aromatic rings. The number of para-hydroxylation sites is 1. The smallest absolute Gasteiger partial charge is 0.263 e. The number of halogens is 1. The summed E-state index contributed by atoms with van der Waals surface area (Å²) in [6.07, 6.45) is 2.70. The molecule has 0 radical (unpaired) electrons. The number of hydrogen-bond donors (Lipinski definition) is 1. The Morgan fingerprint density at radius 3 is 3.00 bits per heavy atom. The minimum atomic E-state index is -0.711. The lowest BCUT2D eigenvalue weighted by atomic mass is 10.1. The lowest BCUT2D eigenvalue weighted by Crippen LogP contribution is -2.43. The van der Waals surface area contributed by atoms with Crippen LogP contribution >= 0.6 is 0 Å². The summed E-state index contributed by atoms with van der Waals surface area (Å²) in [6, 6.07) is 6.25. The third kappa shape index (κ3) is 3.94. The first kappa shape index (κ1) is 15.8. The molecule has 5 heteroatoms. The highest BCUT2D eigenvalue weighted by molar-refractivity contribution is 5.81. The number of hydrogen-bond acceptors (Lipinski definition) is 3. The number of amides is 1. The Morgan fingerprint density at radius 1 is 1.52 bits per heavy atom. The second-order valence-corrected chi connectivity index (χ2v) is 5.38. The summed E-state index contributed by atoms with van der Waals surface area (Å²) >= 11 is 0. The highest BCUT2D eigenvalue weighted by Gasteiger charge is 2.32. The van der Waals surface area contributed by atoms with Crippen LogP contribution < -0.4 is 4.74 Å². The van der Waals surface area contributed by atoms with Crippen molar-refractivity contribution in [2.24, 2.45) is 0 Å². The molecule has 0 bridgehead atoms. The van der Waals surface area contributed by atoms with Crippen LogP contribution in [-0.4, -0.2) is 41.2 Å². The van der Waals surface area contributed by atoms with Crippen LogP contribution in [0, 0.1) is 5.82 Å². The van der Waals surface area contributed by atoms with Gasteiger partial charge < -0.3 is 14.7 Å². The first-order valence-corrected chi connectivity index (χ1v) is 7.46. The van der Waals surface area contributed by atoms with E-state index in [9.17, 15) is 9.18 Å². The van der Waals surface area contributed by atoms with E-state index in [4.69, 9.17) is 9.84 Å². The van der Waals surface area contributed by atoms with Crippen molar-refractivity contribution in [3.8, 4) is 5.75 Å². The van der Waals surface area contributed by atoms with Crippen molar-refractivity contribution < 1.29 is 19.0 Å². The van der Waals surface area contributed by atoms with E-state index >= 15 is 0 Å². The van der Waals surface area contributed by atoms with Crippen molar-refractivity contribution in [1.29, 1.82) is 0 Å². The van der Waals surface area contributed by atoms with Gasteiger partial charge in [-0.3, -0.25) is 4.79 Å². The van der Waals surface area contributed by atoms with Gasteiger partial charge in [0.1, 0.15) is 0 Å². The Labute approximate surface area is 124 Å². The monoisotopic (exact) mass is 295 g/mol. The Kier molecular flexibility index (Phi) is 5.56. The molecule has 1 amide bonds. The standard InChI is InChI=1S/C16H22FNO3/c1-12(21-15-9-3-2-8-14(15)17)16(20)18-10-4-6-13(18)7-5-11-19/h2-3,8-9,12-13,19H,4-7,10-11H2,1H3. The van der Waals surface area contributed by atoms with Gasteiger partial charge in [0.25, 0.3) is 5.91 Å². The lowest BCUT2D eigenvalue weighted by Gasteiger charge is -2.27. The van der Waals surface area contributed by atoms with Crippen LogP contribution in [0.15, 0.2) is 24.3 Å². The number of carbonyl (C=O) groups excluding carboxylic acids is 1. The normalized spacial score (nSPS) is 19.6. The quantitative estimate of drug-likeness (QED) is 0.876. The van der Waals surface area contributed by atoms with Gasteiger partial charge in [0.2, 0.25) is 0 Å². The van der Waals surface area contributed by atoms with Crippen LogP contribution in [-0.2, 0) is 4.79 Å². The first-order valence-electron chi connectivity index (χ1n) is 7.46. The first-order chi connectivity index (χ1) is 10.1. The van der Waals surface area contributed by atoms with E-state index in [0.717, 1.165) is 19.3 Å². The van der Waals surface area contributed by atoms with Gasteiger partial charge in [-0.1, -0.05) is 12.1 Å². The molecule has 1 aliphatic rings. The van der Waals surface area contributed by atoms with Gasteiger partial charge in [-0.15, -0.1) is 0 Å². The molecule has 1 saturated heterocycles. The van der Waals surface area contributed by atoms with E-state index in [0.29, 0.717) is 13.0 Å². The maximum Gasteiger partial charge on any atom is 0.263 e. The molecule has 1 aromatic carbocycles. The third-order valence-corrected chi connectivity index (χ3v) is 3.84. The average Bonchev–Trinajstić information content (AvgIpc) is 2.95. The fourth-order valence-corrected chi connectivity index (χ4v) is 2.77. The Bertz CT molecular complexity index is 480. The summed E-state index contributed by atoms with van der Waals surface area (Å²) in [4.78, 5) is 14.3. The second-order valence-electron chi connectivity index (χ2n) is 5.38. The molecule has 1 N–H and O–H groups in total. The molecular weight excluding hydrogens is 273 g/mol. The number of carbonyl (C=O) groups is 1. The van der Waals surface area contributed by atoms with Crippen LogP contribution in [0.3, 0.4) is 0 Å². The van der Waals surface area contributed by atoms with Gasteiger partial charge in [-0.25, -0.2) is 4.39 Å². The summed E-state index contributed by atoms with van der Waals surface area (Å²) < 4.78 is 19.0. The van der Waals surface area contributed by atoms with Crippen molar-refractivity contribution in [3.63, 3.8) is 0 Å². The highest BCUT2D eigenvalue weighted by Crippen LogP contribution is 2.24. The van der Waals surface area contributed by atoms with Gasteiger partial charge in [0.05, 0.1) is 0 Å². The minimum Gasteiger partial charge on any atom is -0.478 e. The molecule has 4 nitrogen and oxygen atoms in total. The molecule has 2 rings (SSSR count). The summed E-state index contributed by atoms with van der Waals surface area (Å²) in [7, 11) is 0. The van der Waals surface area contributed by atoms with Crippen LogP contribution in [0.1, 0.15) is 32.6 Å². The molecule has 0 aromatic heterocycles. The van der Waals surface area contributed by atoms with E-state index in [-0.39, 0.29) is 24.3 Å². The van der Waals surface area contributed by atoms with Crippen LogP contribution in [0.2, 0.25) is 0 Å². The van der Waals surface area contributed by atoms with Gasteiger partial charge >= 0.3 is 0 Å². The molecule has 0 aliphatic carbocycles. The van der Waals surface area contributed by atoms with Crippen molar-refractivity contribution in [2.75, 3.05) is 13.2 Å². The summed E-state index contributed by atoms with van der Waals surface area (Å²) in [5, 5.41) is 8.92. The van der Waals surface area contributed by atoms with Gasteiger partial charge in [0.15, 0.2) is 17.7 Å². The topological polar surface area (TPSA) is 49.8 Å². The maximum atomic E-state index is 13.6. The number of likely N-dealkylation sites (tertiary alicyclic amines) is 1. The SMILES string of the molecule is CC(Oc1ccccc1F)C(=O)N1CCCC1CCCO. The van der Waals surface area contributed by atoms with Crippen LogP contribution in [0.25, 0.3) is 0 Å². The average molecular weight is 295 g/mol. The van der Waals surface area contributed by atoms with E-state index in [1.54, 1.807) is 24.0 Å². The molecule has 0 saturated carbocycles. The second kappa shape index (κ2) is 7.41. The number of nitrogens with zero attached hydrogens (tertiary/aromatic N) is 1. The Balaban J connectivity index is 1.97. The van der Waals surface area contributed by atoms with Crippen LogP contribution in [0.5, 0.6) is 5.75 Å². The van der Waals surface area contributed by atoms with Crippen molar-refractivity contribution in [1.82, 2.24) is 4.90 Å². The number of rotatable bonds is 6. The third-order valence-electron chi connectivity index (χ3n) is 3.84. The van der Waals surface area contributed by atoms with Crippen LogP contribution in [0.4, 0.5) is 4.39 Å². The number of aliphatic hydroxyl groups is 1. The van der Waals surface area contributed by atoms with E-state index in [1.165, 1.54) is 12.1 Å². The summed E-state index contributed by atoms with van der Waals surface area (Å²) in [5.41, 5.74) is 0. The molecule has 2 atom stereocenters. The molecular formula is C16H22FNO3. The Hall–Kier alpha value is -1.62. The van der Waals surface area contributed by atoms with Gasteiger partial charge in [-0.2, -0.15) is 0 Å². The molecule has 2 unspecified atom stereocenters. The van der Waals surface area contributed by atoms with E-state index in [1.807, 2.05) is 0 Å². The number of aliphatic hydroxyl groups excluding tert-OH is 1. The van der Waals surface area contributed by atoms with Gasteiger partial charge in [0, 0.05) is 19.2 Å². The largest absolute Gasteiger partial charge is 0.478 e. The van der Waals surface area contributed by atoms with E-state index in [2.05, 4.69) is 0 Å². The Morgan fingerprint density at radius 2 is 2.29 bits per heavy atom. The predicted octanol–water partition coefficient (Wildman–Crippen LogP) is 2.36. The molecule has 1 heterocycles. The molecule has 1 aliphatic heterocycles. The lowest BCUT2D eigenvalue weighted by molar-refractivity contribution is -0.139. The fourth-order valence-electron chi connectivity index (χ4n) is 2.77. The zero-order valence-corrected chi connectivity index (χ0v) is 12.3. The van der Waals surface area contributed by atoms with Crippen molar-refractivity contribution >= 4 is 5.91 Å².